The van der Waals surface area contributed by atoms with Gasteiger partial charge in [-0.25, -0.2) is 15.0 Å². The molecule has 0 spiro atoms. The predicted molar refractivity (Wildman–Crippen MR) is 151 cm³/mol. The van der Waals surface area contributed by atoms with Crippen LogP contribution in [-0.4, -0.2) is 32.2 Å². The molecule has 0 saturated carbocycles. The van der Waals surface area contributed by atoms with Gasteiger partial charge in [0, 0.05) is 28.7 Å². The standard InChI is InChI=1S/C10H8Cl2N2.C10H9ClN2O.2CO2.Cl3OP/c1-2-6-5-7-8(11)3-4-13-10(7)14-9(6)12;1-2-6-5-7-8(11)3-4-12-9(7)13-10(6)14;2*2-1-3;1-5(2,3)4/h3-5H,2H2,1H3;3-5H,2H2,1H3,(H,12,13,14);;;. The molecule has 4 rings (SSSR count). The Hall–Kier alpha value is -2.35. The normalized spacial score (nSPS) is 9.64. The molecule has 10 nitrogen and oxygen atoms in total. The van der Waals surface area contributed by atoms with Crippen molar-refractivity contribution in [1.29, 1.82) is 0 Å². The van der Waals surface area contributed by atoms with Crippen LogP contribution in [0.3, 0.4) is 0 Å². The van der Waals surface area contributed by atoms with Crippen LogP contribution in [0.25, 0.3) is 22.1 Å². The molecule has 0 fully saturated rings. The maximum atomic E-state index is 11.4. The first-order valence-electron chi connectivity index (χ1n) is 10.2. The Morgan fingerprint density at radius 2 is 1.26 bits per heavy atom. The summed E-state index contributed by atoms with van der Waals surface area (Å²) in [4.78, 5) is 58.9. The molecule has 1 N–H and O–H groups in total. The first-order chi connectivity index (χ1) is 18.3. The van der Waals surface area contributed by atoms with E-state index in [1.165, 1.54) is 0 Å². The Morgan fingerprint density at radius 1 is 0.821 bits per heavy atom. The number of rotatable bonds is 2. The molecule has 17 heteroatoms. The summed E-state index contributed by atoms with van der Waals surface area (Å²) in [5.74, 6) is 0. The number of aryl methyl sites for hydroxylation is 2. The van der Waals surface area contributed by atoms with E-state index >= 15 is 0 Å². The van der Waals surface area contributed by atoms with E-state index in [1.54, 1.807) is 30.6 Å². The molecular formula is C22H17Cl6N4O6P. The van der Waals surface area contributed by atoms with E-state index in [2.05, 4.69) is 53.7 Å². The molecule has 0 amide bonds. The number of nitrogens with one attached hydrogen (secondary N) is 1. The van der Waals surface area contributed by atoms with Crippen molar-refractivity contribution in [2.75, 3.05) is 0 Å². The summed E-state index contributed by atoms with van der Waals surface area (Å²) in [6, 6.07) is 7.20. The van der Waals surface area contributed by atoms with Crippen LogP contribution >= 0.6 is 73.7 Å². The monoisotopic (exact) mass is 674 g/mol. The lowest BCUT2D eigenvalue weighted by Gasteiger charge is -2.03. The van der Waals surface area contributed by atoms with E-state index in [1.807, 2.05) is 19.9 Å². The molecule has 0 radical (unpaired) electrons. The Morgan fingerprint density at radius 3 is 1.74 bits per heavy atom. The molecule has 4 aromatic heterocycles. The van der Waals surface area contributed by atoms with Gasteiger partial charge in [-0.3, -0.25) is 9.36 Å². The third-order valence-corrected chi connectivity index (χ3v) is 5.23. The predicted octanol–water partition coefficient (Wildman–Crippen LogP) is 7.28. The molecule has 0 aliphatic rings. The van der Waals surface area contributed by atoms with E-state index in [0.29, 0.717) is 32.9 Å². The highest BCUT2D eigenvalue weighted by Crippen LogP contribution is 2.61. The Labute approximate surface area is 250 Å². The average molecular weight is 677 g/mol. The number of halogens is 6. The second kappa shape index (κ2) is 18.9. The average Bonchev–Trinajstić information content (AvgIpc) is 2.84. The van der Waals surface area contributed by atoms with E-state index in [0.717, 1.165) is 28.3 Å². The minimum atomic E-state index is -3.22. The molecular weight excluding hydrogens is 660 g/mol. The van der Waals surface area contributed by atoms with Gasteiger partial charge < -0.3 is 4.98 Å². The number of aromatic nitrogens is 4. The van der Waals surface area contributed by atoms with E-state index < -0.39 is 5.20 Å². The zero-order valence-corrected chi connectivity index (χ0v) is 25.3. The van der Waals surface area contributed by atoms with Crippen LogP contribution in [0, 0.1) is 0 Å². The van der Waals surface area contributed by atoms with Gasteiger partial charge in [-0.1, -0.05) is 48.7 Å². The maximum Gasteiger partial charge on any atom is 0.373 e. The van der Waals surface area contributed by atoms with Gasteiger partial charge in [-0.05, 0) is 76.4 Å². The largest absolute Gasteiger partial charge is 0.373 e. The van der Waals surface area contributed by atoms with Crippen molar-refractivity contribution in [3.05, 3.63) is 73.3 Å². The number of aromatic amines is 1. The van der Waals surface area contributed by atoms with Crippen LogP contribution in [0.15, 0.2) is 41.5 Å². The van der Waals surface area contributed by atoms with Crippen molar-refractivity contribution in [3.8, 4) is 0 Å². The molecule has 0 aliphatic carbocycles. The van der Waals surface area contributed by atoms with Gasteiger partial charge >= 0.3 is 17.5 Å². The minimum absolute atomic E-state index is 0.0882. The number of nitrogens with zero attached hydrogens (tertiary/aromatic N) is 3. The zero-order valence-electron chi connectivity index (χ0n) is 19.9. The van der Waals surface area contributed by atoms with Gasteiger partial charge in [-0.15, -0.1) is 0 Å². The quantitative estimate of drug-likeness (QED) is 0.170. The fraction of sp³-hybridized carbons (Fsp3) is 0.182. The van der Waals surface area contributed by atoms with Crippen molar-refractivity contribution in [2.45, 2.75) is 26.7 Å². The van der Waals surface area contributed by atoms with Crippen molar-refractivity contribution in [3.63, 3.8) is 0 Å². The summed E-state index contributed by atoms with van der Waals surface area (Å²) >= 11 is 31.8. The summed E-state index contributed by atoms with van der Waals surface area (Å²) in [6.07, 6.45) is 5.23. The fourth-order valence-electron chi connectivity index (χ4n) is 2.69. The van der Waals surface area contributed by atoms with Gasteiger partial charge in [0.15, 0.2) is 5.65 Å². The van der Waals surface area contributed by atoms with E-state index in [9.17, 15) is 9.36 Å². The Bertz CT molecular complexity index is 1550. The highest BCUT2D eigenvalue weighted by Gasteiger charge is 2.07. The molecule has 0 atom stereocenters. The van der Waals surface area contributed by atoms with Gasteiger partial charge in [0.05, 0.1) is 10.0 Å². The molecule has 0 unspecified atom stereocenters. The number of fused-ring (bicyclic) bond motifs is 2. The van der Waals surface area contributed by atoms with Gasteiger partial charge in [0.2, 0.25) is 0 Å². The Kier molecular flexibility index (Phi) is 17.7. The van der Waals surface area contributed by atoms with Crippen LogP contribution < -0.4 is 5.56 Å². The van der Waals surface area contributed by atoms with Crippen molar-refractivity contribution in [2.24, 2.45) is 0 Å². The highest BCUT2D eigenvalue weighted by molar-refractivity contribution is 8.24. The first-order valence-corrected chi connectivity index (χ1v) is 15.8. The van der Waals surface area contributed by atoms with Gasteiger partial charge in [0.1, 0.15) is 10.8 Å². The summed E-state index contributed by atoms with van der Waals surface area (Å²) in [5.41, 5.74) is 2.77. The SMILES string of the molecule is CCc1cc2c(Cl)ccnc2[nH]c1=O.CCc1cc2c(Cl)ccnc2nc1Cl.O=C=O.O=C=O.O=P(Cl)(Cl)Cl. The lowest BCUT2D eigenvalue weighted by atomic mass is 10.2. The van der Waals surface area contributed by atoms with Gasteiger partial charge in [0.25, 0.3) is 5.56 Å². The fourth-order valence-corrected chi connectivity index (χ4v) is 3.35. The highest BCUT2D eigenvalue weighted by atomic mass is 36.0. The number of H-pyrrole nitrogens is 1. The smallest absolute Gasteiger partial charge is 0.306 e. The Balaban J connectivity index is 0.000000543. The summed E-state index contributed by atoms with van der Waals surface area (Å²) in [5, 5.41) is 0.214. The summed E-state index contributed by atoms with van der Waals surface area (Å²) in [7, 11) is 0. The van der Waals surface area contributed by atoms with Crippen LogP contribution in [0.5, 0.6) is 0 Å². The molecule has 0 saturated heterocycles. The van der Waals surface area contributed by atoms with Crippen molar-refractivity contribution < 1.29 is 23.7 Å². The summed E-state index contributed by atoms with van der Waals surface area (Å²) < 4.78 is 9.51. The van der Waals surface area contributed by atoms with Gasteiger partial charge in [-0.2, -0.15) is 19.2 Å². The molecule has 4 heterocycles. The summed E-state index contributed by atoms with van der Waals surface area (Å²) in [6.45, 7) is 3.96. The van der Waals surface area contributed by atoms with Crippen LogP contribution in [0.4, 0.5) is 0 Å². The van der Waals surface area contributed by atoms with Crippen LogP contribution in [0.1, 0.15) is 25.0 Å². The third kappa shape index (κ3) is 14.0. The van der Waals surface area contributed by atoms with Crippen LogP contribution in [-0.2, 0) is 36.6 Å². The maximum absolute atomic E-state index is 11.4. The molecule has 39 heavy (non-hydrogen) atoms. The molecule has 4 aromatic rings. The number of carbonyl (C=O) groups excluding carboxylic acids is 4. The number of hydrogen-bond acceptors (Lipinski definition) is 9. The number of pyridine rings is 4. The molecule has 208 valence electrons. The zero-order chi connectivity index (χ0) is 30.2. The molecule has 0 bridgehead atoms. The first kappa shape index (κ1) is 36.6. The molecule has 0 aliphatic heterocycles. The van der Waals surface area contributed by atoms with Crippen molar-refractivity contribution in [1.82, 2.24) is 19.9 Å². The van der Waals surface area contributed by atoms with E-state index in [4.69, 9.17) is 54.0 Å². The second-order valence-electron chi connectivity index (χ2n) is 6.55. The van der Waals surface area contributed by atoms with Crippen molar-refractivity contribution >= 4 is 108 Å². The number of hydrogen-bond donors (Lipinski definition) is 1. The van der Waals surface area contributed by atoms with E-state index in [-0.39, 0.29) is 17.9 Å². The van der Waals surface area contributed by atoms with Crippen LogP contribution in [0.2, 0.25) is 15.2 Å². The lowest BCUT2D eigenvalue weighted by Crippen LogP contribution is -2.11. The minimum Gasteiger partial charge on any atom is -0.306 e. The topological polar surface area (TPSA) is 157 Å². The third-order valence-electron chi connectivity index (χ3n) is 4.24. The second-order valence-corrected chi connectivity index (χ2v) is 14.4. The molecule has 0 aromatic carbocycles. The lowest BCUT2D eigenvalue weighted by molar-refractivity contribution is -0.193.